The predicted molar refractivity (Wildman–Crippen MR) is 225 cm³/mol. The molecule has 22 nitrogen and oxygen atoms in total. The first-order valence-electron chi connectivity index (χ1n) is 19.7. The second kappa shape index (κ2) is 27.2. The quantitative estimate of drug-likeness (QED) is 0.0274. The van der Waals surface area contributed by atoms with Gasteiger partial charge in [-0.2, -0.15) is 25.3 Å². The molecule has 0 aliphatic carbocycles. The highest BCUT2D eigenvalue weighted by Gasteiger charge is 2.38. The van der Waals surface area contributed by atoms with Crippen LogP contribution in [0.3, 0.4) is 0 Å². The van der Waals surface area contributed by atoms with Gasteiger partial charge in [0, 0.05) is 18.1 Å². The fourth-order valence-corrected chi connectivity index (χ4v) is 6.50. The number of aliphatic carboxylic acids is 1. The normalized spacial score (nSPS) is 16.6. The number of primary amides is 1. The lowest BCUT2D eigenvalue weighted by molar-refractivity contribution is -0.143. The zero-order valence-corrected chi connectivity index (χ0v) is 36.3. The van der Waals surface area contributed by atoms with Gasteiger partial charge in [0.25, 0.3) is 0 Å². The highest BCUT2D eigenvalue weighted by molar-refractivity contribution is 7.80. The molecule has 14 N–H and O–H groups in total. The topological polar surface area (TPSA) is 356 Å². The molecule has 340 valence electrons. The number of hydrogen-bond donors (Lipinski definition) is 13. The van der Waals surface area contributed by atoms with Crippen molar-refractivity contribution in [3.05, 3.63) is 0 Å². The van der Waals surface area contributed by atoms with Gasteiger partial charge < -0.3 is 64.4 Å². The van der Waals surface area contributed by atoms with Crippen LogP contribution >= 0.6 is 25.3 Å². The van der Waals surface area contributed by atoms with Gasteiger partial charge in [0.1, 0.15) is 36.3 Å². The predicted octanol–water partition coefficient (Wildman–Crippen LogP) is -4.39. The zero-order valence-electron chi connectivity index (χ0n) is 34.5. The summed E-state index contributed by atoms with van der Waals surface area (Å²) in [5.41, 5.74) is 16.8. The molecule has 0 unspecified atom stereocenters. The fourth-order valence-electron chi connectivity index (χ4n) is 6.00. The largest absolute Gasteiger partial charge is 0.480 e. The van der Waals surface area contributed by atoms with Gasteiger partial charge in [-0.05, 0) is 50.5 Å². The van der Waals surface area contributed by atoms with E-state index >= 15 is 0 Å². The lowest BCUT2D eigenvalue weighted by Crippen LogP contribution is -2.58. The van der Waals surface area contributed by atoms with E-state index in [1.165, 1.54) is 4.90 Å². The summed E-state index contributed by atoms with van der Waals surface area (Å²) in [5, 5.41) is 26.2. The van der Waals surface area contributed by atoms with Crippen molar-refractivity contribution in [2.75, 3.05) is 37.7 Å². The lowest BCUT2D eigenvalue weighted by atomic mass is 10.0. The molecular formula is C36H63N11O11S2. The van der Waals surface area contributed by atoms with Crippen LogP contribution in [-0.2, 0) is 47.9 Å². The summed E-state index contributed by atoms with van der Waals surface area (Å²) in [7, 11) is 0. The molecule has 1 aliphatic rings. The van der Waals surface area contributed by atoms with E-state index in [-0.39, 0.29) is 36.8 Å². The van der Waals surface area contributed by atoms with E-state index in [4.69, 9.17) is 17.2 Å². The van der Waals surface area contributed by atoms with Crippen LogP contribution in [-0.4, -0.2) is 149 Å². The first-order valence-corrected chi connectivity index (χ1v) is 21.0. The number of carboxylic acids is 1. The van der Waals surface area contributed by atoms with Crippen molar-refractivity contribution in [1.82, 2.24) is 42.1 Å². The van der Waals surface area contributed by atoms with Crippen molar-refractivity contribution in [3.8, 4) is 0 Å². The summed E-state index contributed by atoms with van der Waals surface area (Å²) >= 11 is 8.28. The molecule has 0 aromatic rings. The maximum absolute atomic E-state index is 13.6. The number of rotatable bonds is 27. The van der Waals surface area contributed by atoms with Gasteiger partial charge in [0.2, 0.25) is 53.2 Å². The minimum Gasteiger partial charge on any atom is -0.480 e. The molecule has 0 spiro atoms. The van der Waals surface area contributed by atoms with E-state index < -0.39 is 127 Å². The molecule has 0 radical (unpaired) electrons. The number of hydrogen-bond acceptors (Lipinski definition) is 14. The van der Waals surface area contributed by atoms with E-state index in [1.807, 2.05) is 13.8 Å². The monoisotopic (exact) mass is 889 g/mol. The Bertz CT molecular complexity index is 1540. The summed E-state index contributed by atoms with van der Waals surface area (Å²) in [4.78, 5) is 128. The van der Waals surface area contributed by atoms with Crippen LogP contribution in [0.2, 0.25) is 0 Å². The van der Waals surface area contributed by atoms with Gasteiger partial charge in [0.05, 0.1) is 25.6 Å². The molecule has 60 heavy (non-hydrogen) atoms. The molecule has 1 fully saturated rings. The second-order valence-corrected chi connectivity index (χ2v) is 15.8. The van der Waals surface area contributed by atoms with Crippen LogP contribution in [0, 0.1) is 11.8 Å². The van der Waals surface area contributed by atoms with Crippen molar-refractivity contribution in [3.63, 3.8) is 0 Å². The number of carboxylic acid groups (broad SMARTS) is 1. The van der Waals surface area contributed by atoms with Crippen LogP contribution < -0.4 is 54.4 Å². The third-order valence-corrected chi connectivity index (χ3v) is 9.98. The number of nitrogens with zero attached hydrogens (tertiary/aromatic N) is 1. The summed E-state index contributed by atoms with van der Waals surface area (Å²) < 4.78 is 0. The number of thiol groups is 2. The van der Waals surface area contributed by atoms with Crippen LogP contribution in [0.25, 0.3) is 0 Å². The summed E-state index contributed by atoms with van der Waals surface area (Å²) in [6, 6.07) is -8.21. The SMILES string of the molecule is CC(C)C[C@H](NC(=O)[C@@H](N)CCCCN)C(=O)N[C@@H](CS)C(=O)N1CCC[C@H]1C(=O)NCC(=O)NCC(=O)N[C@@H](CC(N)=O)C(=O)N[C@@H](CS)C(=O)N[C@H](C(=O)O)C(C)C. The molecule has 1 saturated heterocycles. The number of nitrogens with two attached hydrogens (primary N) is 3. The van der Waals surface area contributed by atoms with E-state index in [9.17, 15) is 53.1 Å². The smallest absolute Gasteiger partial charge is 0.326 e. The maximum Gasteiger partial charge on any atom is 0.326 e. The van der Waals surface area contributed by atoms with Gasteiger partial charge >= 0.3 is 5.97 Å². The van der Waals surface area contributed by atoms with E-state index in [2.05, 4.69) is 62.5 Å². The molecule has 1 aliphatic heterocycles. The number of unbranched alkanes of at least 4 members (excludes halogenated alkanes) is 1. The molecular weight excluding hydrogens is 827 g/mol. The van der Waals surface area contributed by atoms with Crippen molar-refractivity contribution < 1.29 is 53.1 Å². The van der Waals surface area contributed by atoms with Crippen molar-refractivity contribution in [1.29, 1.82) is 0 Å². The number of likely N-dealkylation sites (tertiary alicyclic amines) is 1. The van der Waals surface area contributed by atoms with Gasteiger partial charge in [-0.3, -0.25) is 43.2 Å². The molecule has 0 aromatic heterocycles. The first-order chi connectivity index (χ1) is 28.2. The molecule has 0 bridgehead atoms. The van der Waals surface area contributed by atoms with Gasteiger partial charge in [-0.1, -0.05) is 34.1 Å². The average molecular weight is 890 g/mol. The number of carbonyl (C=O) groups excluding carboxylic acids is 9. The van der Waals surface area contributed by atoms with E-state index in [0.717, 1.165) is 0 Å². The minimum absolute atomic E-state index is 0.00675. The summed E-state index contributed by atoms with van der Waals surface area (Å²) in [5.74, 6) is -9.26. The minimum atomic E-state index is -1.59. The zero-order chi connectivity index (χ0) is 45.7. The molecule has 1 rings (SSSR count). The lowest BCUT2D eigenvalue weighted by Gasteiger charge is -2.29. The molecule has 0 aromatic carbocycles. The second-order valence-electron chi connectivity index (χ2n) is 15.1. The Balaban J connectivity index is 2.81. The molecule has 1 heterocycles. The summed E-state index contributed by atoms with van der Waals surface area (Å²) in [6.45, 7) is 6.17. The van der Waals surface area contributed by atoms with E-state index in [1.54, 1.807) is 13.8 Å². The Kier molecular flexibility index (Phi) is 24.2. The van der Waals surface area contributed by atoms with E-state index in [0.29, 0.717) is 32.2 Å². The van der Waals surface area contributed by atoms with Gasteiger partial charge in [-0.25, -0.2) is 4.79 Å². The van der Waals surface area contributed by atoms with Gasteiger partial charge in [0.15, 0.2) is 0 Å². The molecule has 0 saturated carbocycles. The Hall–Kier alpha value is -4.68. The van der Waals surface area contributed by atoms with Crippen molar-refractivity contribution in [2.24, 2.45) is 29.0 Å². The number of nitrogens with one attached hydrogen (secondary N) is 7. The van der Waals surface area contributed by atoms with Crippen LogP contribution in [0.4, 0.5) is 0 Å². The Morgan fingerprint density at radius 3 is 1.85 bits per heavy atom. The molecule has 9 amide bonds. The number of amides is 9. The van der Waals surface area contributed by atoms with Crippen LogP contribution in [0.15, 0.2) is 0 Å². The maximum atomic E-state index is 13.6. The standard InChI is InChI=1S/C36H63N11O11S2/c1-18(2)12-21(43-30(51)20(38)8-5-6-10-37)31(52)45-24(17-60)35(56)47-11-7-9-25(47)34(55)41-14-27(49)40-15-28(50)42-22(13-26(39)48)32(53)44-23(16-59)33(54)46-29(19(3)4)36(57)58/h18-25,29,59-60H,5-17,37-38H2,1-4H3,(H2,39,48)(H,40,49)(H,41,55)(H,42,50)(H,43,51)(H,44,53)(H,45,52)(H,46,54)(H,57,58)/t20-,21-,22-,23-,24-,25-,29-/m0/s1. The fraction of sp³-hybridized carbons (Fsp3) is 0.722. The third-order valence-electron chi connectivity index (χ3n) is 9.25. The summed E-state index contributed by atoms with van der Waals surface area (Å²) in [6.07, 6.45) is 1.97. The highest BCUT2D eigenvalue weighted by Crippen LogP contribution is 2.19. The van der Waals surface area contributed by atoms with Gasteiger partial charge in [-0.15, -0.1) is 0 Å². The molecule has 24 heteroatoms. The highest BCUT2D eigenvalue weighted by atomic mass is 32.1. The number of carbonyl (C=O) groups is 10. The van der Waals surface area contributed by atoms with Crippen LogP contribution in [0.1, 0.15) is 72.6 Å². The van der Waals surface area contributed by atoms with Crippen molar-refractivity contribution in [2.45, 2.75) is 115 Å². The first kappa shape index (κ1) is 53.3. The Labute approximate surface area is 360 Å². The van der Waals surface area contributed by atoms with Crippen molar-refractivity contribution >= 4 is 84.4 Å². The van der Waals surface area contributed by atoms with Crippen LogP contribution in [0.5, 0.6) is 0 Å². The third kappa shape index (κ3) is 18.7. The average Bonchev–Trinajstić information content (AvgIpc) is 3.68. The molecule has 7 atom stereocenters. The Morgan fingerprint density at radius 2 is 1.30 bits per heavy atom. The Morgan fingerprint density at radius 1 is 0.733 bits per heavy atom.